The van der Waals surface area contributed by atoms with Gasteiger partial charge in [0, 0.05) is 19.6 Å². The first-order valence-corrected chi connectivity index (χ1v) is 6.68. The molecule has 6 heteroatoms. The van der Waals surface area contributed by atoms with Crippen molar-refractivity contribution in [2.75, 3.05) is 19.6 Å². The van der Waals surface area contributed by atoms with E-state index in [9.17, 15) is 9.59 Å². The Kier molecular flexibility index (Phi) is 7.37. The van der Waals surface area contributed by atoms with Crippen molar-refractivity contribution in [2.24, 2.45) is 11.1 Å². The van der Waals surface area contributed by atoms with Gasteiger partial charge in [-0.1, -0.05) is 0 Å². The van der Waals surface area contributed by atoms with E-state index in [-0.39, 0.29) is 30.8 Å². The van der Waals surface area contributed by atoms with Crippen LogP contribution in [0.1, 0.15) is 40.0 Å². The smallest absolute Gasteiger partial charge is 0.244 e. The molecule has 2 amide bonds. The number of nitrogens with one attached hydrogen (secondary N) is 1. The van der Waals surface area contributed by atoms with E-state index in [1.54, 1.807) is 20.8 Å². The molecule has 1 rings (SSSR count). The molecule has 112 valence electrons. The summed E-state index contributed by atoms with van der Waals surface area (Å²) in [5.74, 6) is -0.154. The number of halogens is 1. The Bertz CT molecular complexity index is 315. The van der Waals surface area contributed by atoms with Crippen molar-refractivity contribution in [3.05, 3.63) is 0 Å². The summed E-state index contributed by atoms with van der Waals surface area (Å²) in [4.78, 5) is 25.9. The lowest BCUT2D eigenvalue weighted by Crippen LogP contribution is -2.52. The highest BCUT2D eigenvalue weighted by Gasteiger charge is 2.30. The lowest BCUT2D eigenvalue weighted by molar-refractivity contribution is -0.138. The van der Waals surface area contributed by atoms with Crippen LogP contribution in [0.3, 0.4) is 0 Å². The first-order chi connectivity index (χ1) is 8.38. The number of piperidine rings is 1. The number of likely N-dealkylation sites (tertiary alicyclic amines) is 1. The lowest BCUT2D eigenvalue weighted by Gasteiger charge is -2.31. The van der Waals surface area contributed by atoms with Crippen LogP contribution in [0.5, 0.6) is 0 Å². The van der Waals surface area contributed by atoms with Crippen molar-refractivity contribution in [2.45, 2.75) is 46.1 Å². The number of rotatable bonds is 4. The van der Waals surface area contributed by atoms with Crippen LogP contribution in [0, 0.1) is 5.41 Å². The molecule has 1 unspecified atom stereocenters. The molecule has 0 aromatic heterocycles. The molecule has 0 aromatic rings. The summed E-state index contributed by atoms with van der Waals surface area (Å²) >= 11 is 0. The summed E-state index contributed by atoms with van der Waals surface area (Å²) in [6.07, 6.45) is 3.30. The van der Waals surface area contributed by atoms with Gasteiger partial charge in [-0.05, 0) is 40.0 Å². The van der Waals surface area contributed by atoms with Gasteiger partial charge in [0.25, 0.3) is 0 Å². The van der Waals surface area contributed by atoms with E-state index in [2.05, 4.69) is 5.32 Å². The molecule has 1 aliphatic rings. The van der Waals surface area contributed by atoms with Crippen LogP contribution in [0.4, 0.5) is 0 Å². The molecule has 1 fully saturated rings. The fourth-order valence-corrected chi connectivity index (χ4v) is 1.93. The van der Waals surface area contributed by atoms with Gasteiger partial charge < -0.3 is 16.0 Å². The van der Waals surface area contributed by atoms with Gasteiger partial charge in [0.15, 0.2) is 0 Å². The summed E-state index contributed by atoms with van der Waals surface area (Å²) in [6.45, 7) is 7.17. The summed E-state index contributed by atoms with van der Waals surface area (Å²) in [5.41, 5.74) is 4.92. The molecule has 1 aliphatic heterocycles. The average molecular weight is 292 g/mol. The number of carbonyl (C=O) groups excluding carboxylic acids is 2. The predicted octanol–water partition coefficient (Wildman–Crippen LogP) is 0.910. The van der Waals surface area contributed by atoms with Crippen molar-refractivity contribution in [3.8, 4) is 0 Å². The Morgan fingerprint density at radius 2 is 1.79 bits per heavy atom. The molecule has 0 bridgehead atoms. The van der Waals surface area contributed by atoms with Gasteiger partial charge >= 0.3 is 0 Å². The van der Waals surface area contributed by atoms with Crippen LogP contribution < -0.4 is 11.1 Å². The number of amides is 2. The Morgan fingerprint density at radius 3 is 2.26 bits per heavy atom. The van der Waals surface area contributed by atoms with Crippen molar-refractivity contribution in [3.63, 3.8) is 0 Å². The zero-order chi connectivity index (χ0) is 13.8. The molecular formula is C13H26ClN3O2. The Balaban J connectivity index is 0.00000324. The summed E-state index contributed by atoms with van der Waals surface area (Å²) in [6, 6.07) is -0.471. The van der Waals surface area contributed by atoms with E-state index in [0.29, 0.717) is 0 Å². The molecule has 0 aromatic carbocycles. The van der Waals surface area contributed by atoms with Crippen LogP contribution >= 0.6 is 12.4 Å². The molecule has 1 heterocycles. The normalized spacial score (nSPS) is 17.4. The van der Waals surface area contributed by atoms with Gasteiger partial charge in [-0.2, -0.15) is 0 Å². The largest absolute Gasteiger partial charge is 0.344 e. The third-order valence-electron chi connectivity index (χ3n) is 3.51. The number of hydrogen-bond acceptors (Lipinski definition) is 3. The summed E-state index contributed by atoms with van der Waals surface area (Å²) in [7, 11) is 0. The fourth-order valence-electron chi connectivity index (χ4n) is 1.93. The third kappa shape index (κ3) is 4.99. The molecular weight excluding hydrogens is 266 g/mol. The minimum atomic E-state index is -0.629. The SMILES string of the molecule is CC(NC(=O)C(C)(C)CN)C(=O)N1CCCCC1.Cl. The van der Waals surface area contributed by atoms with Crippen molar-refractivity contribution in [1.29, 1.82) is 0 Å². The fraction of sp³-hybridized carbons (Fsp3) is 0.846. The molecule has 1 saturated heterocycles. The van der Waals surface area contributed by atoms with E-state index < -0.39 is 11.5 Å². The maximum Gasteiger partial charge on any atom is 0.244 e. The van der Waals surface area contributed by atoms with Crippen LogP contribution in [-0.2, 0) is 9.59 Å². The molecule has 19 heavy (non-hydrogen) atoms. The van der Waals surface area contributed by atoms with Crippen LogP contribution in [0.25, 0.3) is 0 Å². The molecule has 0 saturated carbocycles. The zero-order valence-electron chi connectivity index (χ0n) is 12.1. The lowest BCUT2D eigenvalue weighted by atomic mass is 9.92. The molecule has 5 nitrogen and oxygen atoms in total. The first-order valence-electron chi connectivity index (χ1n) is 6.68. The number of carbonyl (C=O) groups is 2. The maximum atomic E-state index is 12.1. The van der Waals surface area contributed by atoms with Gasteiger partial charge in [-0.15, -0.1) is 12.4 Å². The Morgan fingerprint density at radius 1 is 1.26 bits per heavy atom. The number of nitrogens with two attached hydrogens (primary N) is 1. The van der Waals surface area contributed by atoms with Gasteiger partial charge in [-0.25, -0.2) is 0 Å². The molecule has 0 radical (unpaired) electrons. The highest BCUT2D eigenvalue weighted by molar-refractivity contribution is 5.89. The van der Waals surface area contributed by atoms with E-state index in [1.165, 1.54) is 6.42 Å². The second-order valence-electron chi connectivity index (χ2n) is 5.67. The third-order valence-corrected chi connectivity index (χ3v) is 3.51. The highest BCUT2D eigenvalue weighted by atomic mass is 35.5. The molecule has 1 atom stereocenters. The Labute approximate surface area is 121 Å². The first kappa shape index (κ1) is 18.2. The molecule has 0 aliphatic carbocycles. The quantitative estimate of drug-likeness (QED) is 0.808. The van der Waals surface area contributed by atoms with Crippen LogP contribution in [0.15, 0.2) is 0 Å². The number of hydrogen-bond donors (Lipinski definition) is 2. The van der Waals surface area contributed by atoms with Crippen molar-refractivity contribution >= 4 is 24.2 Å². The predicted molar refractivity (Wildman–Crippen MR) is 78.1 cm³/mol. The molecule has 3 N–H and O–H groups in total. The second kappa shape index (κ2) is 7.70. The van der Waals surface area contributed by atoms with Gasteiger partial charge in [0.1, 0.15) is 6.04 Å². The van der Waals surface area contributed by atoms with E-state index in [1.807, 2.05) is 4.90 Å². The van der Waals surface area contributed by atoms with E-state index in [4.69, 9.17) is 5.73 Å². The monoisotopic (exact) mass is 291 g/mol. The maximum absolute atomic E-state index is 12.1. The average Bonchev–Trinajstić information content (AvgIpc) is 2.38. The van der Waals surface area contributed by atoms with Crippen molar-refractivity contribution < 1.29 is 9.59 Å². The molecule has 0 spiro atoms. The van der Waals surface area contributed by atoms with Gasteiger partial charge in [-0.3, -0.25) is 9.59 Å². The van der Waals surface area contributed by atoms with Crippen LogP contribution in [-0.4, -0.2) is 42.4 Å². The Hall–Kier alpha value is -0.810. The topological polar surface area (TPSA) is 75.4 Å². The minimum Gasteiger partial charge on any atom is -0.344 e. The van der Waals surface area contributed by atoms with Gasteiger partial charge in [0.2, 0.25) is 11.8 Å². The summed E-state index contributed by atoms with van der Waals surface area (Å²) < 4.78 is 0. The number of nitrogens with zero attached hydrogens (tertiary/aromatic N) is 1. The van der Waals surface area contributed by atoms with Gasteiger partial charge in [0.05, 0.1) is 5.41 Å². The second-order valence-corrected chi connectivity index (χ2v) is 5.67. The zero-order valence-corrected chi connectivity index (χ0v) is 12.9. The van der Waals surface area contributed by atoms with Crippen LogP contribution in [0.2, 0.25) is 0 Å². The highest BCUT2D eigenvalue weighted by Crippen LogP contribution is 2.14. The van der Waals surface area contributed by atoms with E-state index in [0.717, 1.165) is 25.9 Å². The van der Waals surface area contributed by atoms with E-state index >= 15 is 0 Å². The van der Waals surface area contributed by atoms with Crippen molar-refractivity contribution in [1.82, 2.24) is 10.2 Å². The summed E-state index contributed by atoms with van der Waals surface area (Å²) in [5, 5.41) is 2.76. The standard InChI is InChI=1S/C13H25N3O2.ClH/c1-10(15-12(18)13(2,3)9-14)11(17)16-7-5-4-6-8-16;/h10H,4-9,14H2,1-3H3,(H,15,18);1H. The minimum absolute atomic E-state index is 0.